The predicted octanol–water partition coefficient (Wildman–Crippen LogP) is 8.11. The van der Waals surface area contributed by atoms with Gasteiger partial charge in [0.15, 0.2) is 5.76 Å². The predicted molar refractivity (Wildman–Crippen MR) is 175 cm³/mol. The van der Waals surface area contributed by atoms with Gasteiger partial charge in [-0.15, -0.1) is 0 Å². The second-order valence-electron chi connectivity index (χ2n) is 11.1. The van der Waals surface area contributed by atoms with Crippen LogP contribution in [0.15, 0.2) is 107 Å². The zero-order valence-corrected chi connectivity index (χ0v) is 24.7. The molecule has 7 nitrogen and oxygen atoms in total. The molecule has 7 rings (SSSR count). The molecule has 0 atom stereocenters. The van der Waals surface area contributed by atoms with E-state index in [0.29, 0.717) is 24.1 Å². The number of anilines is 1. The molecule has 0 fully saturated rings. The highest BCUT2D eigenvalue weighted by atomic mass is 16.4. The smallest absolute Gasteiger partial charge is 0.291 e. The largest absolute Gasteiger partial charge is 0.455 e. The number of amides is 2. The summed E-state index contributed by atoms with van der Waals surface area (Å²) < 4.78 is 8.40. The Morgan fingerprint density at radius 3 is 2.34 bits per heavy atom. The van der Waals surface area contributed by atoms with Crippen molar-refractivity contribution < 1.29 is 14.0 Å². The van der Waals surface area contributed by atoms with Crippen molar-refractivity contribution >= 4 is 45.0 Å². The molecule has 0 radical (unpaired) electrons. The van der Waals surface area contributed by atoms with Crippen molar-refractivity contribution in [3.05, 3.63) is 125 Å². The number of hydrogen-bond acceptors (Lipinski definition) is 4. The van der Waals surface area contributed by atoms with E-state index in [1.165, 1.54) is 5.52 Å². The molecule has 0 bridgehead atoms. The molecule has 4 aromatic carbocycles. The quantitative estimate of drug-likeness (QED) is 0.195. The minimum atomic E-state index is -0.308. The number of rotatable bonds is 6. The number of nitrogens with one attached hydrogen (secondary N) is 2. The van der Waals surface area contributed by atoms with E-state index < -0.39 is 0 Å². The molecule has 0 saturated heterocycles. The van der Waals surface area contributed by atoms with E-state index in [9.17, 15) is 9.59 Å². The third-order valence-electron chi connectivity index (χ3n) is 8.43. The number of hydrogen-bond donors (Lipinski definition) is 2. The molecular formula is C37H32N4O3. The Bertz CT molecular complexity index is 2070. The molecule has 2 N–H and O–H groups in total. The van der Waals surface area contributed by atoms with Gasteiger partial charge in [0.25, 0.3) is 11.8 Å². The van der Waals surface area contributed by atoms with E-state index >= 15 is 0 Å². The van der Waals surface area contributed by atoms with Crippen LogP contribution in [0, 0.1) is 6.92 Å². The number of furan rings is 1. The number of nitrogens with zero attached hydrogens (tertiary/aromatic N) is 2. The first-order valence-corrected chi connectivity index (χ1v) is 15.0. The molecule has 44 heavy (non-hydrogen) atoms. The zero-order chi connectivity index (χ0) is 30.2. The summed E-state index contributed by atoms with van der Waals surface area (Å²) in [6, 6.07) is 31.8. The Balaban J connectivity index is 1.11. The molecule has 6 aromatic rings. The Hall–Kier alpha value is -5.43. The third-order valence-corrected chi connectivity index (χ3v) is 8.43. The SMILES string of the molecule is CCn1c2ccccc2c2cc(NC(=O)c3oc4c(c3C)/C(=N/NC(=O)c3ccc(-c5ccccc5)cc3)CCC4)ccc21. The minimum Gasteiger partial charge on any atom is -0.455 e. The molecule has 0 spiro atoms. The third kappa shape index (κ3) is 4.86. The summed E-state index contributed by atoms with van der Waals surface area (Å²) in [4.78, 5) is 26.4. The molecule has 0 saturated carbocycles. The van der Waals surface area contributed by atoms with Crippen LogP contribution in [0.2, 0.25) is 0 Å². The van der Waals surface area contributed by atoms with E-state index in [1.807, 2.05) is 73.7 Å². The summed E-state index contributed by atoms with van der Waals surface area (Å²) in [5, 5.41) is 9.79. The van der Waals surface area contributed by atoms with Crippen LogP contribution in [0.3, 0.4) is 0 Å². The summed E-state index contributed by atoms with van der Waals surface area (Å²) in [6.07, 6.45) is 2.21. The Morgan fingerprint density at radius 2 is 1.55 bits per heavy atom. The first kappa shape index (κ1) is 27.4. The van der Waals surface area contributed by atoms with Crippen LogP contribution in [0.5, 0.6) is 0 Å². The summed E-state index contributed by atoms with van der Waals surface area (Å²) in [5.41, 5.74) is 10.6. The van der Waals surface area contributed by atoms with Gasteiger partial charge in [-0.05, 0) is 74.2 Å². The average molecular weight is 581 g/mol. The number of carbonyl (C=O) groups is 2. The molecule has 2 aromatic heterocycles. The highest BCUT2D eigenvalue weighted by molar-refractivity contribution is 6.12. The van der Waals surface area contributed by atoms with Crippen molar-refractivity contribution in [2.75, 3.05) is 5.32 Å². The second kappa shape index (κ2) is 11.3. The highest BCUT2D eigenvalue weighted by Crippen LogP contribution is 2.33. The molecule has 218 valence electrons. The van der Waals surface area contributed by atoms with Gasteiger partial charge < -0.3 is 14.3 Å². The molecule has 1 aliphatic rings. The monoisotopic (exact) mass is 580 g/mol. The van der Waals surface area contributed by atoms with Crippen LogP contribution in [-0.4, -0.2) is 22.1 Å². The fourth-order valence-corrected chi connectivity index (χ4v) is 6.28. The fraction of sp³-hybridized carbons (Fsp3) is 0.162. The maximum Gasteiger partial charge on any atom is 0.291 e. The number of aromatic nitrogens is 1. The minimum absolute atomic E-state index is 0.267. The van der Waals surface area contributed by atoms with Gasteiger partial charge in [-0.3, -0.25) is 9.59 Å². The number of carbonyl (C=O) groups excluding carboxylic acids is 2. The summed E-state index contributed by atoms with van der Waals surface area (Å²) in [5.74, 6) is 0.393. The molecule has 7 heteroatoms. The van der Waals surface area contributed by atoms with Crippen LogP contribution in [-0.2, 0) is 13.0 Å². The topological polar surface area (TPSA) is 88.6 Å². The van der Waals surface area contributed by atoms with Crippen molar-refractivity contribution in [2.24, 2.45) is 5.10 Å². The fourth-order valence-electron chi connectivity index (χ4n) is 6.28. The van der Waals surface area contributed by atoms with Crippen molar-refractivity contribution in [1.29, 1.82) is 0 Å². The molecule has 2 heterocycles. The Morgan fingerprint density at radius 1 is 0.818 bits per heavy atom. The summed E-state index contributed by atoms with van der Waals surface area (Å²) >= 11 is 0. The summed E-state index contributed by atoms with van der Waals surface area (Å²) in [7, 11) is 0. The van der Waals surface area contributed by atoms with Gasteiger partial charge in [-0.25, -0.2) is 5.43 Å². The van der Waals surface area contributed by atoms with Crippen molar-refractivity contribution in [2.45, 2.75) is 39.7 Å². The number of benzene rings is 4. The Labute approximate surface area is 255 Å². The highest BCUT2D eigenvalue weighted by Gasteiger charge is 2.28. The molecule has 1 aliphatic carbocycles. The van der Waals surface area contributed by atoms with Gasteiger partial charge in [0.05, 0.1) is 5.71 Å². The maximum atomic E-state index is 13.5. The van der Waals surface area contributed by atoms with Crippen molar-refractivity contribution in [1.82, 2.24) is 9.99 Å². The number of fused-ring (bicyclic) bond motifs is 4. The lowest BCUT2D eigenvalue weighted by Crippen LogP contribution is -2.22. The van der Waals surface area contributed by atoms with Crippen LogP contribution in [0.1, 0.15) is 57.6 Å². The van der Waals surface area contributed by atoms with E-state index in [0.717, 1.165) is 63.0 Å². The van der Waals surface area contributed by atoms with E-state index in [-0.39, 0.29) is 17.6 Å². The van der Waals surface area contributed by atoms with Gasteiger partial charge in [0.2, 0.25) is 0 Å². The lowest BCUT2D eigenvalue weighted by Gasteiger charge is -2.13. The Kier molecular flexibility index (Phi) is 7.06. The maximum absolute atomic E-state index is 13.5. The lowest BCUT2D eigenvalue weighted by molar-refractivity contribution is 0.0953. The van der Waals surface area contributed by atoms with Gasteiger partial charge in [-0.1, -0.05) is 60.7 Å². The first-order valence-electron chi connectivity index (χ1n) is 15.0. The van der Waals surface area contributed by atoms with Crippen LogP contribution < -0.4 is 10.7 Å². The van der Waals surface area contributed by atoms with Crippen LogP contribution in [0.4, 0.5) is 5.69 Å². The van der Waals surface area contributed by atoms with Gasteiger partial charge in [0, 0.05) is 57.1 Å². The number of para-hydroxylation sites is 1. The van der Waals surface area contributed by atoms with Gasteiger partial charge in [0.1, 0.15) is 5.76 Å². The first-order chi connectivity index (χ1) is 21.5. The average Bonchev–Trinajstić information content (AvgIpc) is 3.58. The number of aryl methyl sites for hydroxylation is 2. The second-order valence-corrected chi connectivity index (χ2v) is 11.1. The van der Waals surface area contributed by atoms with Crippen LogP contribution in [0.25, 0.3) is 32.9 Å². The van der Waals surface area contributed by atoms with Crippen molar-refractivity contribution in [3.63, 3.8) is 0 Å². The van der Waals surface area contributed by atoms with Crippen LogP contribution >= 0.6 is 0 Å². The van der Waals surface area contributed by atoms with Crippen molar-refractivity contribution in [3.8, 4) is 11.1 Å². The standard InChI is InChI=1S/C37H32N4O3/c1-3-41-31-14-8-7-12-28(31)29-22-27(20-21-32(29)41)38-37(43)35-23(2)34-30(13-9-15-33(34)44-35)39-40-36(42)26-18-16-25(17-19-26)24-10-5-4-6-11-24/h4-8,10-12,14,16-22H,3,9,13,15H2,1-2H3,(H,38,43)(H,40,42)/b39-30+. The van der Waals surface area contributed by atoms with E-state index in [4.69, 9.17) is 4.42 Å². The van der Waals surface area contributed by atoms with Gasteiger partial charge in [-0.2, -0.15) is 5.10 Å². The molecule has 0 unspecified atom stereocenters. The lowest BCUT2D eigenvalue weighted by atomic mass is 9.93. The molecule has 0 aliphatic heterocycles. The molecule has 2 amide bonds. The molecular weight excluding hydrogens is 548 g/mol. The summed E-state index contributed by atoms with van der Waals surface area (Å²) in [6.45, 7) is 4.87. The zero-order valence-electron chi connectivity index (χ0n) is 24.7. The van der Waals surface area contributed by atoms with E-state index in [2.05, 4.69) is 45.5 Å². The van der Waals surface area contributed by atoms with E-state index in [1.54, 1.807) is 12.1 Å². The van der Waals surface area contributed by atoms with Gasteiger partial charge >= 0.3 is 0 Å². The normalized spacial score (nSPS) is 13.7. The number of hydrazone groups is 1.